The Morgan fingerprint density at radius 3 is 2.86 bits per heavy atom. The van der Waals surface area contributed by atoms with Crippen molar-refractivity contribution in [3.05, 3.63) is 17.0 Å². The third-order valence-electron chi connectivity index (χ3n) is 3.37. The minimum atomic E-state index is -3.45. The second-order valence-corrected chi connectivity index (χ2v) is 8.36. The van der Waals surface area contributed by atoms with Crippen LogP contribution in [0.5, 0.6) is 0 Å². The van der Waals surface area contributed by atoms with Gasteiger partial charge in [-0.3, -0.25) is 4.79 Å². The van der Waals surface area contributed by atoms with Crippen molar-refractivity contribution in [3.63, 3.8) is 0 Å². The van der Waals surface area contributed by atoms with E-state index in [0.29, 0.717) is 23.2 Å². The molecule has 1 amide bonds. The Hall–Kier alpha value is -0.670. The summed E-state index contributed by atoms with van der Waals surface area (Å²) < 4.78 is 27.4. The van der Waals surface area contributed by atoms with E-state index in [2.05, 4.69) is 15.4 Å². The number of thiophene rings is 1. The highest BCUT2D eigenvalue weighted by molar-refractivity contribution is 7.91. The topological polar surface area (TPSA) is 87.3 Å². The Morgan fingerprint density at radius 1 is 1.45 bits per heavy atom. The molecule has 3 N–H and O–H groups in total. The van der Waals surface area contributed by atoms with Crippen LogP contribution in [0.3, 0.4) is 0 Å². The summed E-state index contributed by atoms with van der Waals surface area (Å²) in [5.41, 5.74) is 0. The predicted molar refractivity (Wildman–Crippen MR) is 89.9 cm³/mol. The highest BCUT2D eigenvalue weighted by atomic mass is 35.5. The van der Waals surface area contributed by atoms with Crippen LogP contribution in [0, 0.1) is 5.92 Å². The fraction of sp³-hybridized carbons (Fsp3) is 0.615. The molecule has 0 aromatic carbocycles. The van der Waals surface area contributed by atoms with Crippen molar-refractivity contribution in [2.24, 2.45) is 5.92 Å². The summed E-state index contributed by atoms with van der Waals surface area (Å²) in [6, 6.07) is 3.32. The molecular weight excluding hydrogens is 346 g/mol. The molecule has 1 aliphatic rings. The minimum absolute atomic E-state index is 0. The Labute approximate surface area is 141 Å². The summed E-state index contributed by atoms with van der Waals surface area (Å²) in [6.07, 6.45) is 2.14. The van der Waals surface area contributed by atoms with Crippen LogP contribution in [0.15, 0.2) is 16.3 Å². The van der Waals surface area contributed by atoms with Crippen LogP contribution in [-0.2, 0) is 21.4 Å². The number of amides is 1. The molecule has 2 heterocycles. The Balaban J connectivity index is 0.00000242. The van der Waals surface area contributed by atoms with Crippen molar-refractivity contribution in [3.8, 4) is 0 Å². The first kappa shape index (κ1) is 19.4. The largest absolute Gasteiger partial charge is 0.351 e. The summed E-state index contributed by atoms with van der Waals surface area (Å²) in [4.78, 5) is 11.7. The van der Waals surface area contributed by atoms with Crippen LogP contribution in [0.2, 0.25) is 0 Å². The van der Waals surface area contributed by atoms with Crippen molar-refractivity contribution < 1.29 is 13.2 Å². The molecule has 0 saturated carbocycles. The number of piperidine rings is 1. The number of rotatable bonds is 6. The second-order valence-electron chi connectivity index (χ2n) is 5.19. The van der Waals surface area contributed by atoms with Gasteiger partial charge in [0.25, 0.3) is 0 Å². The molecule has 9 heteroatoms. The van der Waals surface area contributed by atoms with Crippen molar-refractivity contribution in [2.45, 2.75) is 30.5 Å². The normalized spacial score (nSPS) is 18.5. The number of hydrogen-bond acceptors (Lipinski definition) is 5. The monoisotopic (exact) mass is 367 g/mol. The lowest BCUT2D eigenvalue weighted by molar-refractivity contribution is -0.119. The van der Waals surface area contributed by atoms with E-state index >= 15 is 0 Å². The summed E-state index contributed by atoms with van der Waals surface area (Å²) in [6.45, 7) is 4.14. The number of halogens is 1. The number of hydrogen-bond donors (Lipinski definition) is 3. The van der Waals surface area contributed by atoms with Gasteiger partial charge >= 0.3 is 0 Å². The third kappa shape index (κ3) is 5.85. The lowest BCUT2D eigenvalue weighted by Gasteiger charge is -2.22. The van der Waals surface area contributed by atoms with E-state index in [4.69, 9.17) is 0 Å². The van der Waals surface area contributed by atoms with Crippen molar-refractivity contribution in [1.82, 2.24) is 15.4 Å². The smallest absolute Gasteiger partial charge is 0.250 e. The lowest BCUT2D eigenvalue weighted by Crippen LogP contribution is -2.37. The van der Waals surface area contributed by atoms with Crippen molar-refractivity contribution >= 4 is 39.7 Å². The predicted octanol–water partition coefficient (Wildman–Crippen LogP) is 1.08. The molecule has 1 aromatic heterocycles. The standard InChI is InChI=1S/C13H21N3O3S2.ClH/c1-10(17)15-9-12-4-5-13(20-12)21(18,19)16-8-11-3-2-6-14-7-11;/h4-5,11,14,16H,2-3,6-9H2,1H3,(H,15,17);1H. The van der Waals surface area contributed by atoms with E-state index in [9.17, 15) is 13.2 Å². The number of carbonyl (C=O) groups is 1. The average molecular weight is 368 g/mol. The van der Waals surface area contributed by atoms with Gasteiger partial charge in [0.05, 0.1) is 6.54 Å². The highest BCUT2D eigenvalue weighted by Crippen LogP contribution is 2.21. The van der Waals surface area contributed by atoms with Gasteiger partial charge in [-0.05, 0) is 44.0 Å². The highest BCUT2D eigenvalue weighted by Gasteiger charge is 2.20. The minimum Gasteiger partial charge on any atom is -0.351 e. The maximum absolute atomic E-state index is 12.2. The zero-order chi connectivity index (χ0) is 15.3. The first-order valence-electron chi connectivity index (χ1n) is 7.01. The summed E-state index contributed by atoms with van der Waals surface area (Å²) in [5, 5.41) is 5.93. The summed E-state index contributed by atoms with van der Waals surface area (Å²) in [7, 11) is -3.45. The maximum Gasteiger partial charge on any atom is 0.250 e. The molecule has 6 nitrogen and oxygen atoms in total. The Kier molecular flexibility index (Phi) is 7.78. The third-order valence-corrected chi connectivity index (χ3v) is 6.38. The van der Waals surface area contributed by atoms with Gasteiger partial charge in [0, 0.05) is 18.3 Å². The molecule has 22 heavy (non-hydrogen) atoms. The van der Waals surface area contributed by atoms with Gasteiger partial charge in [-0.1, -0.05) is 0 Å². The van der Waals surface area contributed by atoms with Gasteiger partial charge in [0.1, 0.15) is 4.21 Å². The van der Waals surface area contributed by atoms with Gasteiger partial charge in [0.2, 0.25) is 15.9 Å². The molecule has 1 aromatic rings. The summed E-state index contributed by atoms with van der Waals surface area (Å²) >= 11 is 1.19. The molecule has 1 saturated heterocycles. The van der Waals surface area contributed by atoms with Gasteiger partial charge in [-0.2, -0.15) is 0 Å². The maximum atomic E-state index is 12.2. The van der Waals surface area contributed by atoms with Crippen LogP contribution >= 0.6 is 23.7 Å². The number of nitrogens with one attached hydrogen (secondary N) is 3. The van der Waals surface area contributed by atoms with E-state index < -0.39 is 10.0 Å². The fourth-order valence-corrected chi connectivity index (χ4v) is 4.66. The van der Waals surface area contributed by atoms with Crippen LogP contribution in [0.1, 0.15) is 24.6 Å². The second kappa shape index (κ2) is 8.83. The molecule has 126 valence electrons. The first-order valence-corrected chi connectivity index (χ1v) is 9.31. The van der Waals surface area contributed by atoms with E-state index in [0.717, 1.165) is 30.8 Å². The molecule has 0 radical (unpaired) electrons. The number of carbonyl (C=O) groups excluding carboxylic acids is 1. The van der Waals surface area contributed by atoms with E-state index in [1.54, 1.807) is 12.1 Å². The number of sulfonamides is 1. The van der Waals surface area contributed by atoms with Crippen molar-refractivity contribution in [1.29, 1.82) is 0 Å². The molecule has 2 rings (SSSR count). The van der Waals surface area contributed by atoms with Crippen molar-refractivity contribution in [2.75, 3.05) is 19.6 Å². The van der Waals surface area contributed by atoms with Crippen LogP contribution < -0.4 is 15.4 Å². The fourth-order valence-electron chi connectivity index (χ4n) is 2.21. The molecular formula is C13H22ClN3O3S2. The van der Waals surface area contributed by atoms with Gasteiger partial charge in [0.15, 0.2) is 0 Å². The molecule has 1 atom stereocenters. The van der Waals surface area contributed by atoms with Crippen LogP contribution in [0.25, 0.3) is 0 Å². The zero-order valence-electron chi connectivity index (χ0n) is 12.4. The van der Waals surface area contributed by atoms with Crippen LogP contribution in [0.4, 0.5) is 0 Å². The molecule has 1 fully saturated rings. The van der Waals surface area contributed by atoms with Gasteiger partial charge < -0.3 is 10.6 Å². The van der Waals surface area contributed by atoms with Gasteiger partial charge in [-0.15, -0.1) is 23.7 Å². The Morgan fingerprint density at radius 2 is 2.23 bits per heavy atom. The molecule has 0 spiro atoms. The molecule has 0 aliphatic carbocycles. The first-order chi connectivity index (χ1) is 9.97. The van der Waals surface area contributed by atoms with Gasteiger partial charge in [-0.25, -0.2) is 13.1 Å². The van der Waals surface area contributed by atoms with E-state index in [-0.39, 0.29) is 18.3 Å². The molecule has 1 unspecified atom stereocenters. The van der Waals surface area contributed by atoms with Crippen LogP contribution in [-0.4, -0.2) is 34.0 Å². The van der Waals surface area contributed by atoms with E-state index in [1.807, 2.05) is 0 Å². The average Bonchev–Trinajstić information content (AvgIpc) is 2.94. The Bertz CT molecular complexity index is 583. The molecule has 0 bridgehead atoms. The lowest BCUT2D eigenvalue weighted by atomic mass is 10.0. The summed E-state index contributed by atoms with van der Waals surface area (Å²) in [5.74, 6) is 0.225. The SMILES string of the molecule is CC(=O)NCc1ccc(S(=O)(=O)NCC2CCCNC2)s1.Cl. The van der Waals surface area contributed by atoms with E-state index in [1.165, 1.54) is 18.3 Å². The quantitative estimate of drug-likeness (QED) is 0.702. The zero-order valence-corrected chi connectivity index (χ0v) is 14.9. The molecule has 1 aliphatic heterocycles.